The fourth-order valence-corrected chi connectivity index (χ4v) is 2.13. The lowest BCUT2D eigenvalue weighted by Gasteiger charge is -2.25. The largest absolute Gasteiger partial charge is 0.497 e. The van der Waals surface area contributed by atoms with Gasteiger partial charge >= 0.3 is 0 Å². The lowest BCUT2D eigenvalue weighted by atomic mass is 10.1. The Bertz CT molecular complexity index is 415. The molecule has 3 rings (SSSR count). The van der Waals surface area contributed by atoms with Gasteiger partial charge in [0.2, 0.25) is 6.79 Å². The van der Waals surface area contributed by atoms with E-state index in [0.29, 0.717) is 6.61 Å². The van der Waals surface area contributed by atoms with E-state index in [1.807, 2.05) is 12.1 Å². The lowest BCUT2D eigenvalue weighted by Crippen LogP contribution is -2.33. The van der Waals surface area contributed by atoms with E-state index in [-0.39, 0.29) is 12.9 Å². The first-order valence-corrected chi connectivity index (χ1v) is 5.68. The predicted octanol–water partition coefficient (Wildman–Crippen LogP) is 1.08. The van der Waals surface area contributed by atoms with Gasteiger partial charge in [-0.1, -0.05) is 0 Å². The molecule has 1 aromatic rings. The van der Waals surface area contributed by atoms with Crippen LogP contribution in [0, 0.1) is 0 Å². The monoisotopic (exact) mass is 237 g/mol. The normalized spacial score (nSPS) is 22.5. The van der Waals surface area contributed by atoms with E-state index < -0.39 is 0 Å². The van der Waals surface area contributed by atoms with Gasteiger partial charge in [0.25, 0.3) is 0 Å². The lowest BCUT2D eigenvalue weighted by molar-refractivity contribution is 0.0258. The Kier molecular flexibility index (Phi) is 2.78. The second-order valence-electron chi connectivity index (χ2n) is 4.01. The van der Waals surface area contributed by atoms with Crippen LogP contribution in [0.25, 0.3) is 0 Å². The van der Waals surface area contributed by atoms with Gasteiger partial charge in [-0.15, -0.1) is 0 Å². The summed E-state index contributed by atoms with van der Waals surface area (Å²) in [6, 6.07) is 3.78. The Balaban J connectivity index is 1.98. The smallest absolute Gasteiger partial charge is 0.231 e. The summed E-state index contributed by atoms with van der Waals surface area (Å²) in [5.41, 5.74) is 0.990. The van der Waals surface area contributed by atoms with Crippen molar-refractivity contribution in [3.63, 3.8) is 0 Å². The van der Waals surface area contributed by atoms with Gasteiger partial charge in [-0.2, -0.15) is 0 Å². The molecule has 1 unspecified atom stereocenters. The van der Waals surface area contributed by atoms with E-state index in [9.17, 15) is 0 Å². The summed E-state index contributed by atoms with van der Waals surface area (Å²) in [5.74, 6) is 2.27. The number of ether oxygens (including phenoxy) is 4. The highest BCUT2D eigenvalue weighted by Gasteiger charge is 2.26. The molecule has 2 heterocycles. The van der Waals surface area contributed by atoms with Gasteiger partial charge in [0.15, 0.2) is 11.5 Å². The van der Waals surface area contributed by atoms with Crippen LogP contribution in [0.1, 0.15) is 11.7 Å². The molecule has 0 aliphatic carbocycles. The molecule has 0 bridgehead atoms. The second-order valence-corrected chi connectivity index (χ2v) is 4.01. The molecule has 92 valence electrons. The standard InChI is InChI=1S/C12H15NO4/c1-14-8-4-9(11-6-13-2-3-15-11)12-10(5-8)16-7-17-12/h4-5,11,13H,2-3,6-7H2,1H3. The molecule has 1 saturated heterocycles. The van der Waals surface area contributed by atoms with Crippen LogP contribution >= 0.6 is 0 Å². The van der Waals surface area contributed by atoms with E-state index in [2.05, 4.69) is 5.32 Å². The number of rotatable bonds is 2. The number of benzene rings is 1. The van der Waals surface area contributed by atoms with E-state index >= 15 is 0 Å². The van der Waals surface area contributed by atoms with Crippen molar-refractivity contribution in [2.24, 2.45) is 0 Å². The van der Waals surface area contributed by atoms with Crippen LogP contribution in [0.2, 0.25) is 0 Å². The highest BCUT2D eigenvalue weighted by Crippen LogP contribution is 2.42. The van der Waals surface area contributed by atoms with Gasteiger partial charge in [-0.25, -0.2) is 0 Å². The Hall–Kier alpha value is -1.46. The van der Waals surface area contributed by atoms with Gasteiger partial charge < -0.3 is 24.3 Å². The minimum absolute atomic E-state index is 0.00528. The topological polar surface area (TPSA) is 49.0 Å². The SMILES string of the molecule is COc1cc2c(c(C3CNCCO3)c1)OCO2. The Labute approximate surface area is 99.6 Å². The van der Waals surface area contributed by atoms with Crippen LogP contribution in [-0.4, -0.2) is 33.6 Å². The third kappa shape index (κ3) is 1.92. The number of hydrogen-bond acceptors (Lipinski definition) is 5. The quantitative estimate of drug-likeness (QED) is 0.834. The van der Waals surface area contributed by atoms with Crippen LogP contribution in [0.4, 0.5) is 0 Å². The maximum absolute atomic E-state index is 5.74. The van der Waals surface area contributed by atoms with Crippen LogP contribution in [-0.2, 0) is 4.74 Å². The molecule has 5 nitrogen and oxygen atoms in total. The number of methoxy groups -OCH3 is 1. The fourth-order valence-electron chi connectivity index (χ4n) is 2.13. The van der Waals surface area contributed by atoms with Gasteiger partial charge in [0.1, 0.15) is 5.75 Å². The molecule has 1 N–H and O–H groups in total. The highest BCUT2D eigenvalue weighted by atomic mass is 16.7. The molecular formula is C12H15NO4. The Morgan fingerprint density at radius 2 is 2.29 bits per heavy atom. The molecule has 5 heteroatoms. The summed E-state index contributed by atoms with van der Waals surface area (Å²) in [6.45, 7) is 2.64. The third-order valence-electron chi connectivity index (χ3n) is 2.98. The molecule has 2 aliphatic heterocycles. The summed E-state index contributed by atoms with van der Waals surface area (Å²) < 4.78 is 21.9. The van der Waals surface area contributed by atoms with Crippen molar-refractivity contribution in [2.45, 2.75) is 6.10 Å². The first-order valence-electron chi connectivity index (χ1n) is 5.68. The predicted molar refractivity (Wildman–Crippen MR) is 60.7 cm³/mol. The molecule has 0 radical (unpaired) electrons. The summed E-state index contributed by atoms with van der Waals surface area (Å²) in [6.07, 6.45) is -0.00528. The minimum atomic E-state index is -0.00528. The summed E-state index contributed by atoms with van der Waals surface area (Å²) >= 11 is 0. The van der Waals surface area contributed by atoms with Crippen LogP contribution < -0.4 is 19.5 Å². The summed E-state index contributed by atoms with van der Waals surface area (Å²) in [7, 11) is 1.64. The first-order chi connectivity index (χ1) is 8.38. The number of nitrogens with one attached hydrogen (secondary N) is 1. The molecular weight excluding hydrogens is 222 g/mol. The third-order valence-corrected chi connectivity index (χ3v) is 2.98. The minimum Gasteiger partial charge on any atom is -0.497 e. The maximum atomic E-state index is 5.74. The molecule has 1 aromatic carbocycles. The Morgan fingerprint density at radius 3 is 3.06 bits per heavy atom. The summed E-state index contributed by atoms with van der Waals surface area (Å²) in [5, 5.41) is 3.30. The van der Waals surface area contributed by atoms with Gasteiger partial charge in [0, 0.05) is 24.7 Å². The first kappa shape index (κ1) is 10.7. The van der Waals surface area contributed by atoms with Crippen molar-refractivity contribution in [2.75, 3.05) is 33.6 Å². The molecule has 2 aliphatic rings. The molecule has 0 aromatic heterocycles. The van der Waals surface area contributed by atoms with Crippen molar-refractivity contribution in [1.29, 1.82) is 0 Å². The van der Waals surface area contributed by atoms with Gasteiger partial charge in [0.05, 0.1) is 19.8 Å². The molecule has 0 saturated carbocycles. The van der Waals surface area contributed by atoms with E-state index in [1.165, 1.54) is 0 Å². The van der Waals surface area contributed by atoms with Crippen molar-refractivity contribution in [1.82, 2.24) is 5.32 Å². The van der Waals surface area contributed by atoms with Crippen molar-refractivity contribution in [3.8, 4) is 17.2 Å². The van der Waals surface area contributed by atoms with Crippen LogP contribution in [0.15, 0.2) is 12.1 Å². The van der Waals surface area contributed by atoms with Crippen LogP contribution in [0.5, 0.6) is 17.2 Å². The van der Waals surface area contributed by atoms with E-state index in [4.69, 9.17) is 18.9 Å². The molecule has 1 atom stereocenters. The molecule has 17 heavy (non-hydrogen) atoms. The van der Waals surface area contributed by atoms with Crippen molar-refractivity contribution < 1.29 is 18.9 Å². The number of fused-ring (bicyclic) bond motifs is 1. The average Bonchev–Trinajstić information content (AvgIpc) is 2.86. The maximum Gasteiger partial charge on any atom is 0.231 e. The van der Waals surface area contributed by atoms with E-state index in [0.717, 1.165) is 35.9 Å². The highest BCUT2D eigenvalue weighted by molar-refractivity contribution is 5.54. The van der Waals surface area contributed by atoms with Gasteiger partial charge in [-0.05, 0) is 6.07 Å². The molecule has 0 spiro atoms. The fraction of sp³-hybridized carbons (Fsp3) is 0.500. The molecule has 1 fully saturated rings. The van der Waals surface area contributed by atoms with Gasteiger partial charge in [-0.3, -0.25) is 0 Å². The van der Waals surface area contributed by atoms with Crippen molar-refractivity contribution in [3.05, 3.63) is 17.7 Å². The van der Waals surface area contributed by atoms with Crippen LogP contribution in [0.3, 0.4) is 0 Å². The zero-order chi connectivity index (χ0) is 11.7. The number of hydrogen-bond donors (Lipinski definition) is 1. The zero-order valence-corrected chi connectivity index (χ0v) is 9.69. The zero-order valence-electron chi connectivity index (χ0n) is 9.69. The number of morpholine rings is 1. The molecule has 0 amide bonds. The van der Waals surface area contributed by atoms with E-state index in [1.54, 1.807) is 7.11 Å². The second kappa shape index (κ2) is 4.43. The average molecular weight is 237 g/mol. The van der Waals surface area contributed by atoms with Crippen molar-refractivity contribution >= 4 is 0 Å². The Morgan fingerprint density at radius 1 is 1.35 bits per heavy atom. The summed E-state index contributed by atoms with van der Waals surface area (Å²) in [4.78, 5) is 0.